The van der Waals surface area contributed by atoms with Gasteiger partial charge in [0.1, 0.15) is 5.75 Å². The fourth-order valence-corrected chi connectivity index (χ4v) is 1.95. The van der Waals surface area contributed by atoms with E-state index >= 15 is 0 Å². The Morgan fingerprint density at radius 3 is 2.67 bits per heavy atom. The quantitative estimate of drug-likeness (QED) is 0.378. The molecule has 0 aliphatic carbocycles. The number of rotatable bonds is 8. The first-order chi connectivity index (χ1) is 9.99. The highest BCUT2D eigenvalue weighted by Crippen LogP contribution is 2.19. The lowest BCUT2D eigenvalue weighted by molar-refractivity contribution is -0.137. The Kier molecular flexibility index (Phi) is 7.45. The van der Waals surface area contributed by atoms with Gasteiger partial charge in [-0.25, -0.2) is 5.43 Å². The number of benzene rings is 1. The van der Waals surface area contributed by atoms with Gasteiger partial charge in [0.2, 0.25) is 5.91 Å². The van der Waals surface area contributed by atoms with Gasteiger partial charge >= 0.3 is 5.97 Å². The first kappa shape index (κ1) is 17.2. The molecular formula is C14H17BrN2O4. The highest BCUT2D eigenvalue weighted by molar-refractivity contribution is 9.10. The van der Waals surface area contributed by atoms with E-state index in [0.29, 0.717) is 31.2 Å². The summed E-state index contributed by atoms with van der Waals surface area (Å²) in [6.45, 7) is 0. The lowest BCUT2D eigenvalue weighted by Crippen LogP contribution is -2.17. The maximum atomic E-state index is 11.5. The topological polar surface area (TPSA) is 99.0 Å². The van der Waals surface area contributed by atoms with Crippen molar-refractivity contribution in [3.8, 4) is 5.75 Å². The molecule has 114 valence electrons. The van der Waals surface area contributed by atoms with E-state index in [4.69, 9.17) is 5.11 Å². The molecule has 0 aromatic heterocycles. The van der Waals surface area contributed by atoms with Gasteiger partial charge in [-0.15, -0.1) is 0 Å². The number of carboxylic acids is 1. The first-order valence-electron chi connectivity index (χ1n) is 6.51. The Bertz CT molecular complexity index is 532. The predicted molar refractivity (Wildman–Crippen MR) is 82.3 cm³/mol. The molecule has 6 nitrogen and oxygen atoms in total. The summed E-state index contributed by atoms with van der Waals surface area (Å²) in [5.74, 6) is -0.928. The second kappa shape index (κ2) is 9.12. The van der Waals surface area contributed by atoms with Crippen molar-refractivity contribution in [3.63, 3.8) is 0 Å². The minimum absolute atomic E-state index is 0.115. The largest absolute Gasteiger partial charge is 0.508 e. The SMILES string of the molecule is O=C(O)CCCCCC(=O)N/N=C/c1cc(O)ccc1Br. The van der Waals surface area contributed by atoms with Crippen LogP contribution in [0.3, 0.4) is 0 Å². The second-order valence-electron chi connectivity index (χ2n) is 4.45. The van der Waals surface area contributed by atoms with Crippen LogP contribution >= 0.6 is 15.9 Å². The molecule has 1 amide bonds. The van der Waals surface area contributed by atoms with Crippen molar-refractivity contribution in [3.05, 3.63) is 28.2 Å². The number of hydrogen-bond donors (Lipinski definition) is 3. The Labute approximate surface area is 131 Å². The number of aromatic hydroxyl groups is 1. The van der Waals surface area contributed by atoms with Gasteiger partial charge in [0.25, 0.3) is 0 Å². The van der Waals surface area contributed by atoms with Crippen LogP contribution in [0.1, 0.15) is 37.7 Å². The fraction of sp³-hybridized carbons (Fsp3) is 0.357. The van der Waals surface area contributed by atoms with E-state index in [1.165, 1.54) is 18.3 Å². The number of nitrogens with zero attached hydrogens (tertiary/aromatic N) is 1. The van der Waals surface area contributed by atoms with Crippen molar-refractivity contribution in [1.82, 2.24) is 5.43 Å². The van der Waals surface area contributed by atoms with Gasteiger partial charge in [0.15, 0.2) is 0 Å². The first-order valence-corrected chi connectivity index (χ1v) is 7.30. The number of hydrazone groups is 1. The molecule has 0 radical (unpaired) electrons. The van der Waals surface area contributed by atoms with Crippen LogP contribution in [0.15, 0.2) is 27.8 Å². The molecule has 0 bridgehead atoms. The number of nitrogens with one attached hydrogen (secondary N) is 1. The Balaban J connectivity index is 2.27. The van der Waals surface area contributed by atoms with Crippen LogP contribution in [0.2, 0.25) is 0 Å². The van der Waals surface area contributed by atoms with Crippen LogP contribution in [0.25, 0.3) is 0 Å². The van der Waals surface area contributed by atoms with Crippen molar-refractivity contribution in [2.24, 2.45) is 5.10 Å². The molecular weight excluding hydrogens is 340 g/mol. The molecule has 0 saturated heterocycles. The average Bonchev–Trinajstić information content (AvgIpc) is 2.42. The maximum Gasteiger partial charge on any atom is 0.303 e. The summed E-state index contributed by atoms with van der Waals surface area (Å²) in [5.41, 5.74) is 3.04. The number of hydrogen-bond acceptors (Lipinski definition) is 4. The Hall–Kier alpha value is -1.89. The molecule has 0 aliphatic rings. The summed E-state index contributed by atoms with van der Waals surface area (Å²) in [4.78, 5) is 21.8. The molecule has 3 N–H and O–H groups in total. The molecule has 1 rings (SSSR count). The van der Waals surface area contributed by atoms with Crippen molar-refractivity contribution in [1.29, 1.82) is 0 Å². The Morgan fingerprint density at radius 2 is 1.95 bits per heavy atom. The van der Waals surface area contributed by atoms with Crippen molar-refractivity contribution in [2.45, 2.75) is 32.1 Å². The molecule has 0 aliphatic heterocycles. The van der Waals surface area contributed by atoms with Gasteiger partial charge in [-0.3, -0.25) is 9.59 Å². The number of carbonyl (C=O) groups excluding carboxylic acids is 1. The lowest BCUT2D eigenvalue weighted by Gasteiger charge is -2.01. The third-order valence-electron chi connectivity index (χ3n) is 2.67. The highest BCUT2D eigenvalue weighted by atomic mass is 79.9. The summed E-state index contributed by atoms with van der Waals surface area (Å²) in [6.07, 6.45) is 3.77. The van der Waals surface area contributed by atoms with E-state index in [2.05, 4.69) is 26.5 Å². The second-order valence-corrected chi connectivity index (χ2v) is 5.31. The summed E-state index contributed by atoms with van der Waals surface area (Å²) in [6, 6.07) is 4.74. The number of amides is 1. The van der Waals surface area contributed by atoms with Crippen LogP contribution in [0.4, 0.5) is 0 Å². The summed E-state index contributed by atoms with van der Waals surface area (Å²) in [7, 11) is 0. The molecule has 21 heavy (non-hydrogen) atoms. The smallest absolute Gasteiger partial charge is 0.303 e. The molecule has 0 fully saturated rings. The molecule has 0 heterocycles. The number of carboxylic acid groups (broad SMARTS) is 1. The number of carbonyl (C=O) groups is 2. The van der Waals surface area contributed by atoms with E-state index in [1.54, 1.807) is 6.07 Å². The maximum absolute atomic E-state index is 11.5. The number of unbranched alkanes of at least 4 members (excludes halogenated alkanes) is 2. The van der Waals surface area contributed by atoms with Crippen LogP contribution in [-0.4, -0.2) is 28.3 Å². The minimum Gasteiger partial charge on any atom is -0.508 e. The van der Waals surface area contributed by atoms with Gasteiger partial charge in [0.05, 0.1) is 6.21 Å². The molecule has 0 saturated carbocycles. The minimum atomic E-state index is -0.819. The molecule has 1 aromatic carbocycles. The number of phenolic OH excluding ortho intramolecular Hbond substituents is 1. The zero-order valence-corrected chi connectivity index (χ0v) is 13.0. The number of halogens is 1. The van der Waals surface area contributed by atoms with Crippen LogP contribution in [0.5, 0.6) is 5.75 Å². The summed E-state index contributed by atoms with van der Waals surface area (Å²) < 4.78 is 0.756. The lowest BCUT2D eigenvalue weighted by atomic mass is 10.1. The van der Waals surface area contributed by atoms with Crippen LogP contribution in [-0.2, 0) is 9.59 Å². The molecule has 7 heteroatoms. The van der Waals surface area contributed by atoms with E-state index < -0.39 is 5.97 Å². The number of aliphatic carboxylic acids is 1. The van der Waals surface area contributed by atoms with E-state index in [1.807, 2.05) is 0 Å². The monoisotopic (exact) mass is 356 g/mol. The number of phenols is 1. The fourth-order valence-electron chi connectivity index (χ4n) is 1.60. The van der Waals surface area contributed by atoms with Crippen molar-refractivity contribution >= 4 is 34.0 Å². The van der Waals surface area contributed by atoms with Gasteiger partial charge in [0, 0.05) is 22.9 Å². The van der Waals surface area contributed by atoms with Gasteiger partial charge in [-0.1, -0.05) is 22.4 Å². The third-order valence-corrected chi connectivity index (χ3v) is 3.39. The predicted octanol–water partition coefficient (Wildman–Crippen LogP) is 2.64. The summed E-state index contributed by atoms with van der Waals surface area (Å²) in [5, 5.41) is 21.6. The average molecular weight is 357 g/mol. The standard InChI is InChI=1S/C14H17BrN2O4/c15-12-7-6-11(18)8-10(12)9-16-17-13(19)4-2-1-3-5-14(20)21/h6-9,18H,1-5H2,(H,17,19)(H,20,21)/b16-9+. The van der Waals surface area contributed by atoms with Crippen molar-refractivity contribution < 1.29 is 19.8 Å². The van der Waals surface area contributed by atoms with E-state index in [0.717, 1.165) is 4.47 Å². The van der Waals surface area contributed by atoms with E-state index in [9.17, 15) is 14.7 Å². The Morgan fingerprint density at radius 1 is 1.24 bits per heavy atom. The molecule has 1 aromatic rings. The van der Waals surface area contributed by atoms with Crippen LogP contribution < -0.4 is 5.43 Å². The molecule has 0 atom stereocenters. The third kappa shape index (κ3) is 7.45. The van der Waals surface area contributed by atoms with E-state index in [-0.39, 0.29) is 18.1 Å². The van der Waals surface area contributed by atoms with Gasteiger partial charge in [-0.05, 0) is 31.0 Å². The van der Waals surface area contributed by atoms with Gasteiger partial charge in [-0.2, -0.15) is 5.10 Å². The summed E-state index contributed by atoms with van der Waals surface area (Å²) >= 11 is 3.31. The zero-order valence-electron chi connectivity index (χ0n) is 11.4. The van der Waals surface area contributed by atoms with Crippen molar-refractivity contribution in [2.75, 3.05) is 0 Å². The zero-order chi connectivity index (χ0) is 15.7. The molecule has 0 spiro atoms. The molecule has 0 unspecified atom stereocenters. The normalized spacial score (nSPS) is 10.7. The van der Waals surface area contributed by atoms with Gasteiger partial charge < -0.3 is 10.2 Å². The highest BCUT2D eigenvalue weighted by Gasteiger charge is 2.02. The van der Waals surface area contributed by atoms with Crippen LogP contribution in [0, 0.1) is 0 Å².